The van der Waals surface area contributed by atoms with Crippen molar-refractivity contribution >= 4 is 11.3 Å². The van der Waals surface area contributed by atoms with Gasteiger partial charge in [-0.15, -0.1) is 11.3 Å². The summed E-state index contributed by atoms with van der Waals surface area (Å²) in [4.78, 5) is 3.75. The second kappa shape index (κ2) is 8.25. The van der Waals surface area contributed by atoms with Crippen LogP contribution in [-0.4, -0.2) is 25.0 Å². The minimum Gasteiger partial charge on any atom is -0.463 e. The largest absolute Gasteiger partial charge is 0.463 e. The summed E-state index contributed by atoms with van der Waals surface area (Å²) in [5, 5.41) is 5.49. The van der Waals surface area contributed by atoms with Gasteiger partial charge in [-0.05, 0) is 50.0 Å². The first-order valence-corrected chi connectivity index (χ1v) is 8.15. The number of furan rings is 1. The molecule has 2 rings (SSSR count). The van der Waals surface area contributed by atoms with Gasteiger partial charge in [0.2, 0.25) is 0 Å². The number of likely N-dealkylation sites (N-methyl/N-ethyl adjacent to an activating group) is 1. The van der Waals surface area contributed by atoms with Crippen molar-refractivity contribution in [1.82, 2.24) is 10.2 Å². The third-order valence-electron chi connectivity index (χ3n) is 3.19. The molecular weight excluding hydrogens is 268 g/mol. The third kappa shape index (κ3) is 5.12. The van der Waals surface area contributed by atoms with E-state index in [0.29, 0.717) is 0 Å². The van der Waals surface area contributed by atoms with Crippen LogP contribution in [0.25, 0.3) is 0 Å². The van der Waals surface area contributed by atoms with Crippen molar-refractivity contribution in [2.45, 2.75) is 32.9 Å². The Morgan fingerprint density at radius 2 is 2.10 bits per heavy atom. The fraction of sp³-hybridized carbons (Fsp3) is 0.500. The van der Waals surface area contributed by atoms with Gasteiger partial charge in [0.15, 0.2) is 0 Å². The molecule has 0 radical (unpaired) electrons. The summed E-state index contributed by atoms with van der Waals surface area (Å²) in [7, 11) is 2.14. The zero-order valence-electron chi connectivity index (χ0n) is 12.4. The van der Waals surface area contributed by atoms with Crippen LogP contribution < -0.4 is 5.32 Å². The molecule has 0 aliphatic carbocycles. The van der Waals surface area contributed by atoms with Gasteiger partial charge in [0.25, 0.3) is 0 Å². The molecule has 110 valence electrons. The number of rotatable bonds is 9. The van der Waals surface area contributed by atoms with Crippen LogP contribution in [0, 0.1) is 0 Å². The van der Waals surface area contributed by atoms with Gasteiger partial charge in [0, 0.05) is 11.4 Å². The summed E-state index contributed by atoms with van der Waals surface area (Å²) in [6.45, 7) is 5.97. The molecule has 2 aromatic heterocycles. The molecule has 0 saturated heterocycles. The Balaban J connectivity index is 1.72. The highest BCUT2D eigenvalue weighted by Gasteiger charge is 2.06. The maximum absolute atomic E-state index is 5.84. The van der Waals surface area contributed by atoms with E-state index in [0.717, 1.165) is 50.5 Å². The molecule has 1 N–H and O–H groups in total. The smallest absolute Gasteiger partial charge is 0.118 e. The van der Waals surface area contributed by atoms with E-state index in [2.05, 4.69) is 53.8 Å². The molecule has 2 heterocycles. The van der Waals surface area contributed by atoms with E-state index in [1.807, 2.05) is 11.3 Å². The first-order chi connectivity index (χ1) is 9.78. The van der Waals surface area contributed by atoms with Crippen LogP contribution in [-0.2, 0) is 19.5 Å². The van der Waals surface area contributed by atoms with Gasteiger partial charge < -0.3 is 9.73 Å². The quantitative estimate of drug-likeness (QED) is 0.717. The van der Waals surface area contributed by atoms with Crippen LogP contribution in [0.3, 0.4) is 0 Å². The molecule has 20 heavy (non-hydrogen) atoms. The average Bonchev–Trinajstić information content (AvgIpc) is 3.08. The van der Waals surface area contributed by atoms with Gasteiger partial charge in [-0.25, -0.2) is 0 Å². The molecule has 2 aromatic rings. The fourth-order valence-electron chi connectivity index (χ4n) is 2.09. The van der Waals surface area contributed by atoms with Crippen LogP contribution in [0.15, 0.2) is 34.1 Å². The predicted molar refractivity (Wildman–Crippen MR) is 85.1 cm³/mol. The number of nitrogens with one attached hydrogen (secondary N) is 1. The van der Waals surface area contributed by atoms with Crippen molar-refractivity contribution in [1.29, 1.82) is 0 Å². The van der Waals surface area contributed by atoms with Gasteiger partial charge in [-0.3, -0.25) is 4.90 Å². The van der Waals surface area contributed by atoms with Crippen molar-refractivity contribution < 1.29 is 4.42 Å². The topological polar surface area (TPSA) is 28.4 Å². The molecule has 0 amide bonds. The Bertz CT molecular complexity index is 478. The lowest BCUT2D eigenvalue weighted by Crippen LogP contribution is -2.20. The number of nitrogens with zero attached hydrogens (tertiary/aromatic N) is 1. The van der Waals surface area contributed by atoms with Gasteiger partial charge >= 0.3 is 0 Å². The lowest BCUT2D eigenvalue weighted by molar-refractivity contribution is 0.293. The highest BCUT2D eigenvalue weighted by atomic mass is 32.1. The van der Waals surface area contributed by atoms with E-state index in [-0.39, 0.29) is 0 Å². The molecule has 4 heteroatoms. The Morgan fingerprint density at radius 1 is 1.25 bits per heavy atom. The maximum atomic E-state index is 5.84. The molecule has 0 fully saturated rings. The third-order valence-corrected chi connectivity index (χ3v) is 4.13. The number of thiophene rings is 1. The van der Waals surface area contributed by atoms with Gasteiger partial charge in [0.1, 0.15) is 11.5 Å². The first-order valence-electron chi connectivity index (χ1n) is 7.27. The molecule has 0 saturated carbocycles. The Kier molecular flexibility index (Phi) is 6.30. The molecule has 0 aliphatic rings. The maximum Gasteiger partial charge on any atom is 0.118 e. The minimum atomic E-state index is 0.826. The molecule has 0 aromatic carbocycles. The summed E-state index contributed by atoms with van der Waals surface area (Å²) < 4.78 is 5.84. The second-order valence-corrected chi connectivity index (χ2v) is 6.14. The van der Waals surface area contributed by atoms with E-state index >= 15 is 0 Å². The Morgan fingerprint density at radius 3 is 2.85 bits per heavy atom. The summed E-state index contributed by atoms with van der Waals surface area (Å²) in [6, 6.07) is 8.47. The minimum absolute atomic E-state index is 0.826. The SMILES string of the molecule is CCCNCc1ccc(CN(C)CCc2cccs2)o1. The first kappa shape index (κ1) is 15.3. The molecular formula is C16H24N2OS. The van der Waals surface area contributed by atoms with E-state index in [4.69, 9.17) is 4.42 Å². The highest BCUT2D eigenvalue weighted by Crippen LogP contribution is 2.12. The standard InChI is InChI=1S/C16H24N2OS/c1-3-9-17-12-14-6-7-15(19-14)13-18(2)10-8-16-5-4-11-20-16/h4-7,11,17H,3,8-10,12-13H2,1-2H3. The number of hydrogen-bond donors (Lipinski definition) is 1. The van der Waals surface area contributed by atoms with Gasteiger partial charge in [0.05, 0.1) is 13.1 Å². The van der Waals surface area contributed by atoms with Crippen LogP contribution in [0.1, 0.15) is 29.7 Å². The summed E-state index contributed by atoms with van der Waals surface area (Å²) >= 11 is 1.83. The zero-order valence-corrected chi connectivity index (χ0v) is 13.2. The lowest BCUT2D eigenvalue weighted by atomic mass is 10.3. The predicted octanol–water partition coefficient (Wildman–Crippen LogP) is 3.52. The van der Waals surface area contributed by atoms with Crippen LogP contribution in [0.4, 0.5) is 0 Å². The van der Waals surface area contributed by atoms with E-state index in [9.17, 15) is 0 Å². The summed E-state index contributed by atoms with van der Waals surface area (Å²) in [5.41, 5.74) is 0. The van der Waals surface area contributed by atoms with Crippen molar-refractivity contribution in [3.63, 3.8) is 0 Å². The van der Waals surface area contributed by atoms with Gasteiger partial charge in [-0.2, -0.15) is 0 Å². The molecule has 0 spiro atoms. The van der Waals surface area contributed by atoms with Crippen molar-refractivity contribution in [2.75, 3.05) is 20.1 Å². The van der Waals surface area contributed by atoms with Crippen LogP contribution in [0.5, 0.6) is 0 Å². The van der Waals surface area contributed by atoms with E-state index in [1.54, 1.807) is 0 Å². The number of hydrogen-bond acceptors (Lipinski definition) is 4. The monoisotopic (exact) mass is 292 g/mol. The molecule has 0 unspecified atom stereocenters. The normalized spacial score (nSPS) is 11.3. The molecule has 0 aliphatic heterocycles. The molecule has 3 nitrogen and oxygen atoms in total. The second-order valence-electron chi connectivity index (χ2n) is 5.11. The lowest BCUT2D eigenvalue weighted by Gasteiger charge is -2.14. The van der Waals surface area contributed by atoms with Gasteiger partial charge in [-0.1, -0.05) is 13.0 Å². The summed E-state index contributed by atoms with van der Waals surface area (Å²) in [5.74, 6) is 2.08. The molecule has 0 atom stereocenters. The van der Waals surface area contributed by atoms with E-state index in [1.165, 1.54) is 4.88 Å². The highest BCUT2D eigenvalue weighted by molar-refractivity contribution is 7.09. The van der Waals surface area contributed by atoms with Crippen molar-refractivity contribution in [3.8, 4) is 0 Å². The molecule has 0 bridgehead atoms. The fourth-order valence-corrected chi connectivity index (χ4v) is 2.79. The Hall–Kier alpha value is -1.10. The van der Waals surface area contributed by atoms with E-state index < -0.39 is 0 Å². The average molecular weight is 292 g/mol. The van der Waals surface area contributed by atoms with Crippen LogP contribution in [0.2, 0.25) is 0 Å². The van der Waals surface area contributed by atoms with Crippen LogP contribution >= 0.6 is 11.3 Å². The Labute approximate surface area is 125 Å². The van der Waals surface area contributed by atoms with Crippen molar-refractivity contribution in [3.05, 3.63) is 46.0 Å². The zero-order chi connectivity index (χ0) is 14.2. The van der Waals surface area contributed by atoms with Crippen molar-refractivity contribution in [2.24, 2.45) is 0 Å². The summed E-state index contributed by atoms with van der Waals surface area (Å²) in [6.07, 6.45) is 2.26.